The fourth-order valence-corrected chi connectivity index (χ4v) is 0.447. The Morgan fingerprint density at radius 2 is 1.89 bits per heavy atom. The van der Waals surface area contributed by atoms with Gasteiger partial charge in [0.1, 0.15) is 0 Å². The van der Waals surface area contributed by atoms with Gasteiger partial charge in [-0.1, -0.05) is 26.2 Å². The summed E-state index contributed by atoms with van der Waals surface area (Å²) in [5, 5.41) is 0. The molecular formula is C6H11Na2O. The molecule has 0 N–H and O–H groups in total. The second-order valence-corrected chi connectivity index (χ2v) is 1.60. The average molecular weight is 145 g/mol. The number of hydrogen-bond acceptors (Lipinski definition) is 1. The molecule has 0 heterocycles. The maximum atomic E-state index is 9.55. The van der Waals surface area contributed by atoms with Gasteiger partial charge in [0, 0.05) is 29.6 Å². The SMILES string of the molecule is CCCCC[C-]=O.[Na+].[Na]. The van der Waals surface area contributed by atoms with E-state index in [9.17, 15) is 4.79 Å². The van der Waals surface area contributed by atoms with Crippen molar-refractivity contribution in [2.45, 2.75) is 32.6 Å². The predicted molar refractivity (Wildman–Crippen MR) is 35.6 cm³/mol. The first-order valence-corrected chi connectivity index (χ1v) is 2.76. The van der Waals surface area contributed by atoms with E-state index >= 15 is 0 Å². The molecule has 0 aromatic rings. The van der Waals surface area contributed by atoms with Crippen molar-refractivity contribution in [3.05, 3.63) is 0 Å². The molecule has 0 unspecified atom stereocenters. The molecule has 1 nitrogen and oxygen atoms in total. The predicted octanol–water partition coefficient (Wildman–Crippen LogP) is -1.70. The van der Waals surface area contributed by atoms with Crippen molar-refractivity contribution in [2.75, 3.05) is 0 Å². The van der Waals surface area contributed by atoms with Gasteiger partial charge in [-0.05, 0) is 0 Å². The fourth-order valence-electron chi connectivity index (χ4n) is 0.447. The first-order chi connectivity index (χ1) is 3.41. The molecule has 0 rings (SSSR count). The number of rotatable bonds is 4. The zero-order chi connectivity index (χ0) is 5.54. The molecule has 0 saturated carbocycles. The van der Waals surface area contributed by atoms with Crippen LogP contribution in [0.4, 0.5) is 0 Å². The van der Waals surface area contributed by atoms with Crippen LogP contribution in [0.25, 0.3) is 0 Å². The van der Waals surface area contributed by atoms with Crippen LogP contribution in [0.5, 0.6) is 0 Å². The molecule has 0 aliphatic rings. The van der Waals surface area contributed by atoms with E-state index in [2.05, 4.69) is 6.92 Å². The Hall–Kier alpha value is 1.67. The zero-order valence-corrected chi connectivity index (χ0v) is 10.7. The van der Waals surface area contributed by atoms with E-state index in [0.717, 1.165) is 12.8 Å². The van der Waals surface area contributed by atoms with Crippen LogP contribution in [0.15, 0.2) is 0 Å². The smallest absolute Gasteiger partial charge is 0.542 e. The first-order valence-electron chi connectivity index (χ1n) is 2.76. The van der Waals surface area contributed by atoms with Gasteiger partial charge in [-0.3, -0.25) is 6.29 Å². The van der Waals surface area contributed by atoms with Crippen molar-refractivity contribution in [3.63, 3.8) is 0 Å². The molecular weight excluding hydrogens is 134 g/mol. The summed E-state index contributed by atoms with van der Waals surface area (Å²) >= 11 is 0. The van der Waals surface area contributed by atoms with Crippen LogP contribution < -0.4 is 29.6 Å². The molecule has 0 aliphatic carbocycles. The molecule has 9 heavy (non-hydrogen) atoms. The van der Waals surface area contributed by atoms with Gasteiger partial charge in [0.05, 0.1) is 0 Å². The van der Waals surface area contributed by atoms with Crippen LogP contribution in [0, 0.1) is 0 Å². The van der Waals surface area contributed by atoms with Crippen molar-refractivity contribution in [2.24, 2.45) is 0 Å². The van der Waals surface area contributed by atoms with Crippen molar-refractivity contribution in [3.8, 4) is 0 Å². The molecule has 0 atom stereocenters. The summed E-state index contributed by atoms with van der Waals surface area (Å²) in [5.41, 5.74) is 0. The Labute approximate surface area is 102 Å². The van der Waals surface area contributed by atoms with Gasteiger partial charge in [0.15, 0.2) is 0 Å². The Balaban J connectivity index is -0.000000180. The van der Waals surface area contributed by atoms with E-state index in [-0.39, 0.29) is 59.1 Å². The summed E-state index contributed by atoms with van der Waals surface area (Å²) in [5.74, 6) is 0. The monoisotopic (exact) mass is 145 g/mol. The number of hydrogen-bond donors (Lipinski definition) is 0. The summed E-state index contributed by atoms with van der Waals surface area (Å²) in [6.45, 7) is 2.12. The number of unbranched alkanes of at least 4 members (excludes halogenated alkanes) is 3. The maximum absolute atomic E-state index is 9.55. The first kappa shape index (κ1) is 17.0. The molecule has 0 spiro atoms. The Kier molecular flexibility index (Phi) is 30.8. The Morgan fingerprint density at radius 1 is 1.33 bits per heavy atom. The van der Waals surface area contributed by atoms with E-state index in [1.54, 1.807) is 0 Å². The van der Waals surface area contributed by atoms with Gasteiger partial charge in [-0.15, -0.1) is 0 Å². The van der Waals surface area contributed by atoms with E-state index in [1.165, 1.54) is 6.42 Å². The van der Waals surface area contributed by atoms with Crippen LogP contribution in [-0.2, 0) is 4.79 Å². The summed E-state index contributed by atoms with van der Waals surface area (Å²) in [6, 6.07) is 0. The van der Waals surface area contributed by atoms with Crippen LogP contribution in [0.2, 0.25) is 0 Å². The Bertz CT molecular complexity index is 48.3. The van der Waals surface area contributed by atoms with Gasteiger partial charge in [-0.2, -0.15) is 6.42 Å². The second-order valence-electron chi connectivity index (χ2n) is 1.60. The van der Waals surface area contributed by atoms with E-state index in [0.29, 0.717) is 6.42 Å². The Morgan fingerprint density at radius 3 is 2.22 bits per heavy atom. The molecule has 3 heteroatoms. The second kappa shape index (κ2) is 16.3. The molecule has 0 aromatic heterocycles. The third kappa shape index (κ3) is 17.7. The minimum absolute atomic E-state index is 0. The van der Waals surface area contributed by atoms with Crippen LogP contribution >= 0.6 is 0 Å². The largest absolute Gasteiger partial charge is 1.00 e. The summed E-state index contributed by atoms with van der Waals surface area (Å²) in [7, 11) is 0. The third-order valence-corrected chi connectivity index (χ3v) is 0.882. The fraction of sp³-hybridized carbons (Fsp3) is 0.833. The molecule has 0 saturated heterocycles. The third-order valence-electron chi connectivity index (χ3n) is 0.882. The maximum Gasteiger partial charge on any atom is 1.00 e. The van der Waals surface area contributed by atoms with E-state index in [1.807, 2.05) is 6.29 Å². The van der Waals surface area contributed by atoms with Crippen LogP contribution in [0.3, 0.4) is 0 Å². The summed E-state index contributed by atoms with van der Waals surface area (Å²) < 4.78 is 0. The minimum Gasteiger partial charge on any atom is -0.542 e. The van der Waals surface area contributed by atoms with E-state index in [4.69, 9.17) is 0 Å². The van der Waals surface area contributed by atoms with Crippen molar-refractivity contribution >= 4 is 35.8 Å². The topological polar surface area (TPSA) is 17.1 Å². The summed E-state index contributed by atoms with van der Waals surface area (Å²) in [4.78, 5) is 9.55. The van der Waals surface area contributed by atoms with Gasteiger partial charge in [0.25, 0.3) is 0 Å². The normalized spacial score (nSPS) is 6.78. The van der Waals surface area contributed by atoms with Gasteiger partial charge < -0.3 is 4.79 Å². The van der Waals surface area contributed by atoms with Crippen LogP contribution in [0.1, 0.15) is 32.6 Å². The van der Waals surface area contributed by atoms with Crippen molar-refractivity contribution in [1.82, 2.24) is 0 Å². The number of carbonyl (C=O) groups excluding carboxylic acids is 1. The van der Waals surface area contributed by atoms with Gasteiger partial charge in [-0.25, -0.2) is 0 Å². The summed E-state index contributed by atoms with van der Waals surface area (Å²) in [6.07, 6.45) is 5.83. The van der Waals surface area contributed by atoms with Crippen molar-refractivity contribution < 1.29 is 34.4 Å². The van der Waals surface area contributed by atoms with Crippen LogP contribution in [-0.4, -0.2) is 35.8 Å². The molecule has 0 aliphatic heterocycles. The molecule has 1 radical (unpaired) electrons. The standard InChI is InChI=1S/C6H11O.2Na/c1-2-3-4-5-6-7;;/h2-5H2,1H3;;/q-1;;+1. The molecule has 0 bridgehead atoms. The molecule has 0 amide bonds. The molecule has 43 valence electrons. The van der Waals surface area contributed by atoms with Gasteiger partial charge in [0.2, 0.25) is 0 Å². The van der Waals surface area contributed by atoms with Gasteiger partial charge >= 0.3 is 29.6 Å². The van der Waals surface area contributed by atoms with E-state index < -0.39 is 0 Å². The zero-order valence-electron chi connectivity index (χ0n) is 6.74. The molecule has 0 aromatic carbocycles. The average Bonchev–Trinajstić information content (AvgIpc) is 1.69. The van der Waals surface area contributed by atoms with Crippen molar-refractivity contribution in [1.29, 1.82) is 0 Å². The quantitative estimate of drug-likeness (QED) is 0.262. The molecule has 0 fully saturated rings. The minimum atomic E-state index is 0.